The van der Waals surface area contributed by atoms with E-state index >= 15 is 0 Å². The molecule has 2 aromatic heterocycles. The number of nitriles is 1. The highest BCUT2D eigenvalue weighted by Crippen LogP contribution is 2.19. The molecule has 1 amide bonds. The monoisotopic (exact) mass is 393 g/mol. The minimum absolute atomic E-state index is 0.0304. The molecular weight excluding hydrogens is 378 g/mol. The molecule has 9 heteroatoms. The van der Waals surface area contributed by atoms with Crippen LogP contribution in [0.1, 0.15) is 17.3 Å². The van der Waals surface area contributed by atoms with Crippen LogP contribution in [0.4, 0.5) is 5.69 Å². The van der Waals surface area contributed by atoms with Crippen LogP contribution in [0.25, 0.3) is 6.08 Å². The van der Waals surface area contributed by atoms with E-state index in [0.717, 1.165) is 0 Å². The Morgan fingerprint density at radius 1 is 1.21 bits per heavy atom. The average molecular weight is 393 g/mol. The Bertz CT molecular complexity index is 1060. The van der Waals surface area contributed by atoms with Crippen LogP contribution in [0, 0.1) is 21.4 Å². The van der Waals surface area contributed by atoms with Gasteiger partial charge in [0.15, 0.2) is 0 Å². The van der Waals surface area contributed by atoms with Crippen molar-refractivity contribution in [2.45, 2.75) is 13.2 Å². The number of nitro groups is 1. The second kappa shape index (κ2) is 9.05. The van der Waals surface area contributed by atoms with Gasteiger partial charge >= 0.3 is 0 Å². The normalized spacial score (nSPS) is 10.9. The number of hydrogen-bond donors (Lipinski definition) is 1. The summed E-state index contributed by atoms with van der Waals surface area (Å²) in [5.74, 6) is 1.24. The number of carbonyl (C=O) groups is 1. The molecule has 9 nitrogen and oxygen atoms in total. The molecule has 1 aromatic carbocycles. The summed E-state index contributed by atoms with van der Waals surface area (Å²) in [6, 6.07) is 14.1. The van der Waals surface area contributed by atoms with Crippen LogP contribution in [0.2, 0.25) is 0 Å². The Balaban J connectivity index is 1.58. The summed E-state index contributed by atoms with van der Waals surface area (Å²) in [6.07, 6.45) is 2.82. The highest BCUT2D eigenvalue weighted by atomic mass is 16.6. The van der Waals surface area contributed by atoms with E-state index < -0.39 is 10.8 Å². The molecule has 0 aliphatic rings. The summed E-state index contributed by atoms with van der Waals surface area (Å²) >= 11 is 0. The standard InChI is InChI=1S/C20H15N3O6/c21-11-14(20(24)22-12-18-2-1-9-27-18)10-17-7-8-19(29-17)13-28-16-5-3-15(4-6-16)23(25)26/h1-10H,12-13H2,(H,22,24)/b14-10+. The number of nitrogens with one attached hydrogen (secondary N) is 1. The van der Waals surface area contributed by atoms with E-state index in [2.05, 4.69) is 5.32 Å². The van der Waals surface area contributed by atoms with E-state index in [-0.39, 0.29) is 24.4 Å². The molecule has 0 fully saturated rings. The molecular formula is C20H15N3O6. The molecule has 0 saturated carbocycles. The highest BCUT2D eigenvalue weighted by molar-refractivity contribution is 6.01. The van der Waals surface area contributed by atoms with Gasteiger partial charge in [0.25, 0.3) is 11.6 Å². The maximum Gasteiger partial charge on any atom is 0.269 e. The van der Waals surface area contributed by atoms with Crippen molar-refractivity contribution in [3.8, 4) is 11.8 Å². The van der Waals surface area contributed by atoms with Crippen molar-refractivity contribution in [3.05, 3.63) is 87.8 Å². The zero-order valence-electron chi connectivity index (χ0n) is 15.0. The molecule has 0 bridgehead atoms. The van der Waals surface area contributed by atoms with Crippen LogP contribution in [0.15, 0.2) is 69.2 Å². The van der Waals surface area contributed by atoms with Crippen LogP contribution < -0.4 is 10.1 Å². The number of furan rings is 2. The number of rotatable bonds is 8. The first-order valence-electron chi connectivity index (χ1n) is 8.43. The average Bonchev–Trinajstić information content (AvgIpc) is 3.41. The number of non-ortho nitro benzene ring substituents is 1. The molecule has 0 aliphatic heterocycles. The van der Waals surface area contributed by atoms with Crippen LogP contribution in [0.5, 0.6) is 5.75 Å². The smallest absolute Gasteiger partial charge is 0.269 e. The third kappa shape index (κ3) is 5.33. The van der Waals surface area contributed by atoms with Gasteiger partial charge in [-0.2, -0.15) is 5.26 Å². The SMILES string of the molecule is N#C/C(=C\c1ccc(COc2ccc([N+](=O)[O-])cc2)o1)C(=O)NCc1ccco1. The zero-order valence-corrected chi connectivity index (χ0v) is 15.0. The van der Waals surface area contributed by atoms with Crippen molar-refractivity contribution in [1.29, 1.82) is 5.26 Å². The molecule has 3 rings (SSSR count). The summed E-state index contributed by atoms with van der Waals surface area (Å²) in [6.45, 7) is 0.246. The minimum Gasteiger partial charge on any atom is -0.486 e. The number of nitro benzene ring substituents is 1. The van der Waals surface area contributed by atoms with Gasteiger partial charge in [-0.15, -0.1) is 0 Å². The quantitative estimate of drug-likeness (QED) is 0.268. The fourth-order valence-corrected chi connectivity index (χ4v) is 2.33. The van der Waals surface area contributed by atoms with E-state index in [1.807, 2.05) is 6.07 Å². The third-order valence-electron chi connectivity index (χ3n) is 3.77. The van der Waals surface area contributed by atoms with Crippen molar-refractivity contribution in [1.82, 2.24) is 5.32 Å². The number of carbonyl (C=O) groups excluding carboxylic acids is 1. The second-order valence-corrected chi connectivity index (χ2v) is 5.78. The van der Waals surface area contributed by atoms with Crippen LogP contribution in [-0.2, 0) is 17.9 Å². The summed E-state index contributed by atoms with van der Waals surface area (Å²) in [4.78, 5) is 22.3. The van der Waals surface area contributed by atoms with Gasteiger partial charge < -0.3 is 18.9 Å². The summed E-state index contributed by atoms with van der Waals surface area (Å²) in [5, 5.41) is 22.4. The first-order valence-corrected chi connectivity index (χ1v) is 8.43. The van der Waals surface area contributed by atoms with Crippen molar-refractivity contribution in [2.24, 2.45) is 0 Å². The lowest BCUT2D eigenvalue weighted by atomic mass is 10.2. The summed E-state index contributed by atoms with van der Waals surface area (Å²) in [7, 11) is 0. The fraction of sp³-hybridized carbons (Fsp3) is 0.100. The van der Waals surface area contributed by atoms with Crippen molar-refractivity contribution in [2.75, 3.05) is 0 Å². The zero-order chi connectivity index (χ0) is 20.6. The predicted molar refractivity (Wildman–Crippen MR) is 100 cm³/mol. The Labute approximate surface area is 165 Å². The van der Waals surface area contributed by atoms with Crippen LogP contribution in [-0.4, -0.2) is 10.8 Å². The highest BCUT2D eigenvalue weighted by Gasteiger charge is 2.11. The lowest BCUT2D eigenvalue weighted by Crippen LogP contribution is -2.23. The third-order valence-corrected chi connectivity index (χ3v) is 3.77. The second-order valence-electron chi connectivity index (χ2n) is 5.78. The van der Waals surface area contributed by atoms with Crippen LogP contribution in [0.3, 0.4) is 0 Å². The maximum atomic E-state index is 12.1. The van der Waals surface area contributed by atoms with Gasteiger partial charge in [-0.05, 0) is 36.4 Å². The van der Waals surface area contributed by atoms with Gasteiger partial charge in [-0.1, -0.05) is 0 Å². The van der Waals surface area contributed by atoms with Crippen molar-refractivity contribution in [3.63, 3.8) is 0 Å². The molecule has 0 unspecified atom stereocenters. The number of hydrogen-bond acceptors (Lipinski definition) is 7. The van der Waals surface area contributed by atoms with E-state index in [0.29, 0.717) is 23.0 Å². The van der Waals surface area contributed by atoms with E-state index in [9.17, 15) is 20.2 Å². The van der Waals surface area contributed by atoms with Crippen molar-refractivity contribution >= 4 is 17.7 Å². The van der Waals surface area contributed by atoms with Gasteiger partial charge in [0.1, 0.15) is 41.3 Å². The molecule has 0 spiro atoms. The first kappa shape index (κ1) is 19.4. The minimum atomic E-state index is -0.552. The molecule has 29 heavy (non-hydrogen) atoms. The molecule has 0 aliphatic carbocycles. The Kier molecular flexibility index (Phi) is 6.07. The largest absolute Gasteiger partial charge is 0.486 e. The molecule has 0 saturated heterocycles. The Hall–Kier alpha value is -4.32. The maximum absolute atomic E-state index is 12.1. The fourth-order valence-electron chi connectivity index (χ4n) is 2.33. The summed E-state index contributed by atoms with van der Waals surface area (Å²) in [5.41, 5.74) is -0.147. The lowest BCUT2D eigenvalue weighted by molar-refractivity contribution is -0.384. The van der Waals surface area contributed by atoms with E-state index in [1.54, 1.807) is 24.3 Å². The number of benzene rings is 1. The van der Waals surface area contributed by atoms with Crippen molar-refractivity contribution < 1.29 is 23.3 Å². The number of ether oxygens (including phenoxy) is 1. The van der Waals surface area contributed by atoms with Gasteiger partial charge in [0.2, 0.25) is 0 Å². The topological polar surface area (TPSA) is 132 Å². The molecule has 3 aromatic rings. The molecule has 1 N–H and O–H groups in total. The first-order chi connectivity index (χ1) is 14.0. The predicted octanol–water partition coefficient (Wildman–Crippen LogP) is 3.58. The molecule has 0 atom stereocenters. The number of amides is 1. The Morgan fingerprint density at radius 2 is 2.00 bits per heavy atom. The molecule has 2 heterocycles. The van der Waals surface area contributed by atoms with E-state index in [1.165, 1.54) is 36.6 Å². The van der Waals surface area contributed by atoms with Gasteiger partial charge in [-0.25, -0.2) is 0 Å². The van der Waals surface area contributed by atoms with Gasteiger partial charge in [0, 0.05) is 18.2 Å². The van der Waals surface area contributed by atoms with Gasteiger partial charge in [0.05, 0.1) is 17.7 Å². The molecule has 0 radical (unpaired) electrons. The number of nitrogens with zero attached hydrogens (tertiary/aromatic N) is 2. The van der Waals surface area contributed by atoms with Crippen LogP contribution >= 0.6 is 0 Å². The lowest BCUT2D eigenvalue weighted by Gasteiger charge is -2.03. The summed E-state index contributed by atoms with van der Waals surface area (Å²) < 4.78 is 16.2. The van der Waals surface area contributed by atoms with E-state index in [4.69, 9.17) is 13.6 Å². The van der Waals surface area contributed by atoms with Gasteiger partial charge in [-0.3, -0.25) is 14.9 Å². The molecule has 146 valence electrons. The Morgan fingerprint density at radius 3 is 2.66 bits per heavy atom.